The predicted octanol–water partition coefficient (Wildman–Crippen LogP) is 5.19. The second-order valence-electron chi connectivity index (χ2n) is 8.70. The molecule has 2 heteroatoms. The Morgan fingerprint density at radius 3 is 2.41 bits per heavy atom. The topological polar surface area (TPSA) is 21.3 Å². The van der Waals surface area contributed by atoms with Gasteiger partial charge in [-0.3, -0.25) is 0 Å². The molecule has 0 aromatic carbocycles. The van der Waals surface area contributed by atoms with Crippen molar-refractivity contribution < 1.29 is 4.74 Å². The van der Waals surface area contributed by atoms with Gasteiger partial charge in [-0.15, -0.1) is 0 Å². The fourth-order valence-electron chi connectivity index (χ4n) is 5.64. The summed E-state index contributed by atoms with van der Waals surface area (Å²) in [6.07, 6.45) is 12.4. The molecule has 1 fully saturated rings. The van der Waals surface area contributed by atoms with Crippen LogP contribution in [0.5, 0.6) is 0 Å². The van der Waals surface area contributed by atoms with E-state index >= 15 is 0 Å². The molecule has 1 atom stereocenters. The smallest absolute Gasteiger partial charge is 0.0575 e. The Morgan fingerprint density at radius 2 is 1.73 bits per heavy atom. The van der Waals surface area contributed by atoms with Crippen LogP contribution in [0.2, 0.25) is 0 Å². The molecule has 126 valence electrons. The van der Waals surface area contributed by atoms with Crippen molar-refractivity contribution in [2.75, 3.05) is 6.61 Å². The number of nitrogens with one attached hydrogen (secondary N) is 1. The Morgan fingerprint density at radius 1 is 1.05 bits per heavy atom. The van der Waals surface area contributed by atoms with E-state index < -0.39 is 0 Å². The summed E-state index contributed by atoms with van der Waals surface area (Å²) in [5.74, 6) is 0.855. The molecule has 1 N–H and O–H groups in total. The van der Waals surface area contributed by atoms with Gasteiger partial charge in [0.05, 0.1) is 6.10 Å². The molecule has 0 aromatic heterocycles. The molecule has 1 saturated carbocycles. The van der Waals surface area contributed by atoms with Crippen molar-refractivity contribution >= 4 is 0 Å². The van der Waals surface area contributed by atoms with Crippen LogP contribution in [0.3, 0.4) is 0 Å². The Balaban J connectivity index is 1.80. The molecule has 0 radical (unpaired) electrons. The first-order valence-corrected chi connectivity index (χ1v) is 9.57. The third-order valence-corrected chi connectivity index (χ3v) is 6.43. The second kappa shape index (κ2) is 6.19. The van der Waals surface area contributed by atoms with Gasteiger partial charge in [-0.2, -0.15) is 0 Å². The van der Waals surface area contributed by atoms with Crippen molar-refractivity contribution in [1.29, 1.82) is 0 Å². The van der Waals surface area contributed by atoms with Crippen LogP contribution in [-0.2, 0) is 4.74 Å². The number of hydrogen-bond acceptors (Lipinski definition) is 2. The summed E-state index contributed by atoms with van der Waals surface area (Å²) in [6, 6.07) is 0. The number of hydrogen-bond donors (Lipinski definition) is 1. The van der Waals surface area contributed by atoms with Gasteiger partial charge in [0, 0.05) is 17.8 Å². The monoisotopic (exact) mass is 305 g/mol. The van der Waals surface area contributed by atoms with Gasteiger partial charge in [0.15, 0.2) is 0 Å². The van der Waals surface area contributed by atoms with Crippen molar-refractivity contribution in [3.8, 4) is 0 Å². The van der Waals surface area contributed by atoms with E-state index in [9.17, 15) is 0 Å². The maximum Gasteiger partial charge on any atom is 0.0575 e. The fourth-order valence-corrected chi connectivity index (χ4v) is 5.64. The lowest BCUT2D eigenvalue weighted by atomic mass is 9.57. The predicted molar refractivity (Wildman–Crippen MR) is 92.8 cm³/mol. The minimum absolute atomic E-state index is 0.252. The molecule has 0 spiro atoms. The number of ether oxygens (including phenoxy) is 1. The lowest BCUT2D eigenvalue weighted by Gasteiger charge is -2.53. The average Bonchev–Trinajstić information content (AvgIpc) is 2.47. The average molecular weight is 306 g/mol. The summed E-state index contributed by atoms with van der Waals surface area (Å²) in [7, 11) is 0. The van der Waals surface area contributed by atoms with Gasteiger partial charge in [-0.05, 0) is 95.5 Å². The fraction of sp³-hybridized carbons (Fsp3) is 0.900. The lowest BCUT2D eigenvalue weighted by molar-refractivity contribution is 0.00166. The van der Waals surface area contributed by atoms with E-state index in [0.717, 1.165) is 12.5 Å². The molecule has 22 heavy (non-hydrogen) atoms. The van der Waals surface area contributed by atoms with Gasteiger partial charge in [0.2, 0.25) is 0 Å². The Bertz CT molecular complexity index is 431. The van der Waals surface area contributed by atoms with Gasteiger partial charge < -0.3 is 10.1 Å². The van der Waals surface area contributed by atoms with Gasteiger partial charge in [0.1, 0.15) is 0 Å². The van der Waals surface area contributed by atoms with E-state index in [2.05, 4.69) is 33.0 Å². The minimum Gasteiger partial charge on any atom is -0.383 e. The van der Waals surface area contributed by atoms with Crippen LogP contribution in [-0.4, -0.2) is 18.2 Å². The van der Waals surface area contributed by atoms with E-state index in [0.29, 0.717) is 11.5 Å². The summed E-state index contributed by atoms with van der Waals surface area (Å²) in [4.78, 5) is 0. The molecule has 3 rings (SSSR count). The first-order chi connectivity index (χ1) is 10.4. The quantitative estimate of drug-likeness (QED) is 0.775. The third-order valence-electron chi connectivity index (χ3n) is 6.43. The van der Waals surface area contributed by atoms with Crippen molar-refractivity contribution in [1.82, 2.24) is 5.32 Å². The molecule has 1 aliphatic heterocycles. The van der Waals surface area contributed by atoms with Gasteiger partial charge in [0.25, 0.3) is 0 Å². The van der Waals surface area contributed by atoms with Crippen LogP contribution < -0.4 is 5.32 Å². The molecular formula is C20H35NO. The largest absolute Gasteiger partial charge is 0.383 e. The Kier molecular flexibility index (Phi) is 4.60. The zero-order valence-electron chi connectivity index (χ0n) is 15.1. The molecule has 0 amide bonds. The SMILES string of the molecule is CCOC1CCC(C2(C)CC(C)(C)NC3=C2CCCC3)CC1. The van der Waals surface area contributed by atoms with Crippen molar-refractivity contribution in [3.05, 3.63) is 11.3 Å². The standard InChI is InChI=1S/C20H35NO/c1-5-22-16-12-10-15(11-13-16)20(4)14-19(2,3)21-18-9-7-6-8-17(18)20/h15-16,21H,5-14H2,1-4H3. The van der Waals surface area contributed by atoms with Crippen molar-refractivity contribution in [2.45, 2.75) is 97.1 Å². The van der Waals surface area contributed by atoms with Crippen LogP contribution in [0.1, 0.15) is 85.5 Å². The highest BCUT2D eigenvalue weighted by Crippen LogP contribution is 2.54. The molecule has 0 aromatic rings. The first kappa shape index (κ1) is 16.4. The maximum absolute atomic E-state index is 5.87. The van der Waals surface area contributed by atoms with Crippen molar-refractivity contribution in [2.24, 2.45) is 11.3 Å². The Labute approximate surface area is 137 Å². The van der Waals surface area contributed by atoms with Crippen LogP contribution in [0.4, 0.5) is 0 Å². The minimum atomic E-state index is 0.252. The first-order valence-electron chi connectivity index (χ1n) is 9.57. The maximum atomic E-state index is 5.87. The molecular weight excluding hydrogens is 270 g/mol. The van der Waals surface area contributed by atoms with E-state index in [-0.39, 0.29) is 5.54 Å². The molecule has 0 saturated heterocycles. The van der Waals surface area contributed by atoms with Crippen LogP contribution in [0.15, 0.2) is 11.3 Å². The third kappa shape index (κ3) is 3.09. The normalized spacial score (nSPS) is 38.4. The number of rotatable bonds is 3. The molecule has 1 heterocycles. The zero-order valence-corrected chi connectivity index (χ0v) is 15.1. The van der Waals surface area contributed by atoms with Gasteiger partial charge in [-0.25, -0.2) is 0 Å². The summed E-state index contributed by atoms with van der Waals surface area (Å²) >= 11 is 0. The van der Waals surface area contributed by atoms with E-state index in [1.165, 1.54) is 57.8 Å². The molecule has 0 bridgehead atoms. The highest BCUT2D eigenvalue weighted by Gasteiger charge is 2.47. The highest BCUT2D eigenvalue weighted by atomic mass is 16.5. The van der Waals surface area contributed by atoms with Crippen LogP contribution in [0.25, 0.3) is 0 Å². The second-order valence-corrected chi connectivity index (χ2v) is 8.70. The van der Waals surface area contributed by atoms with E-state index in [1.807, 2.05) is 0 Å². The molecule has 2 aliphatic carbocycles. The Hall–Kier alpha value is -0.500. The lowest BCUT2D eigenvalue weighted by Crippen LogP contribution is -2.52. The highest BCUT2D eigenvalue weighted by molar-refractivity contribution is 5.29. The van der Waals surface area contributed by atoms with Gasteiger partial charge in [-0.1, -0.05) is 6.92 Å². The summed E-state index contributed by atoms with van der Waals surface area (Å²) in [6.45, 7) is 10.4. The van der Waals surface area contributed by atoms with E-state index in [1.54, 1.807) is 11.3 Å². The summed E-state index contributed by atoms with van der Waals surface area (Å²) in [5, 5.41) is 3.87. The summed E-state index contributed by atoms with van der Waals surface area (Å²) in [5.41, 5.74) is 4.07. The van der Waals surface area contributed by atoms with E-state index in [4.69, 9.17) is 4.74 Å². The number of allylic oxidation sites excluding steroid dienone is 2. The molecule has 2 nitrogen and oxygen atoms in total. The van der Waals surface area contributed by atoms with Crippen LogP contribution in [0, 0.1) is 11.3 Å². The zero-order chi connectivity index (χ0) is 15.8. The van der Waals surface area contributed by atoms with Crippen molar-refractivity contribution in [3.63, 3.8) is 0 Å². The van der Waals surface area contributed by atoms with Gasteiger partial charge >= 0.3 is 0 Å². The summed E-state index contributed by atoms with van der Waals surface area (Å²) < 4.78 is 5.87. The molecule has 3 aliphatic rings. The van der Waals surface area contributed by atoms with Crippen LogP contribution >= 0.6 is 0 Å². The molecule has 1 unspecified atom stereocenters.